The summed E-state index contributed by atoms with van der Waals surface area (Å²) in [5.74, 6) is -4.26. The highest BCUT2D eigenvalue weighted by Crippen LogP contribution is 2.51. The molecular formula is C22H22N2O6. The first-order valence-electron chi connectivity index (χ1n) is 9.55. The van der Waals surface area contributed by atoms with Crippen LogP contribution in [0, 0.1) is 11.8 Å². The van der Waals surface area contributed by atoms with Crippen LogP contribution in [0.3, 0.4) is 0 Å². The molecule has 0 unspecified atom stereocenters. The minimum absolute atomic E-state index is 0.0675. The SMILES string of the molecule is COc1cccc([C@@H]2N[C@@](C)(C(=O)O)[C@H]3C(=O)N(Cc4ccccc4)C(=O)[C@H]23)c1O. The maximum absolute atomic E-state index is 13.3. The predicted molar refractivity (Wildman–Crippen MR) is 106 cm³/mol. The number of benzene rings is 2. The highest BCUT2D eigenvalue weighted by Gasteiger charge is 2.66. The molecule has 0 aliphatic carbocycles. The third-order valence-electron chi connectivity index (χ3n) is 6.09. The van der Waals surface area contributed by atoms with Gasteiger partial charge in [0.15, 0.2) is 11.5 Å². The van der Waals surface area contributed by atoms with Crippen LogP contribution in [0.25, 0.3) is 0 Å². The number of aromatic hydroxyl groups is 1. The first-order valence-corrected chi connectivity index (χ1v) is 9.55. The van der Waals surface area contributed by atoms with Gasteiger partial charge in [0.05, 0.1) is 25.5 Å². The lowest BCUT2D eigenvalue weighted by Crippen LogP contribution is -2.53. The molecule has 0 spiro atoms. The van der Waals surface area contributed by atoms with Gasteiger partial charge in [0.25, 0.3) is 0 Å². The number of rotatable bonds is 5. The number of amides is 2. The van der Waals surface area contributed by atoms with Gasteiger partial charge in [-0.25, -0.2) is 0 Å². The van der Waals surface area contributed by atoms with Gasteiger partial charge in [0, 0.05) is 11.6 Å². The summed E-state index contributed by atoms with van der Waals surface area (Å²) in [6.07, 6.45) is 0. The van der Waals surface area contributed by atoms with Crippen LogP contribution >= 0.6 is 0 Å². The fraction of sp³-hybridized carbons (Fsp3) is 0.318. The summed E-state index contributed by atoms with van der Waals surface area (Å²) in [6, 6.07) is 13.0. The third kappa shape index (κ3) is 2.83. The number of carboxylic acids is 1. The van der Waals surface area contributed by atoms with E-state index in [1.807, 2.05) is 6.07 Å². The second-order valence-corrected chi connectivity index (χ2v) is 7.78. The number of nitrogens with one attached hydrogen (secondary N) is 1. The maximum Gasteiger partial charge on any atom is 0.324 e. The van der Waals surface area contributed by atoms with E-state index in [1.165, 1.54) is 14.0 Å². The van der Waals surface area contributed by atoms with Crippen molar-refractivity contribution in [2.45, 2.75) is 25.0 Å². The van der Waals surface area contributed by atoms with Crippen molar-refractivity contribution in [3.05, 3.63) is 59.7 Å². The van der Waals surface area contributed by atoms with Gasteiger partial charge in [-0.2, -0.15) is 0 Å². The predicted octanol–water partition coefficient (Wildman–Crippen LogP) is 1.69. The average molecular weight is 410 g/mol. The number of phenols is 1. The monoisotopic (exact) mass is 410 g/mol. The Bertz CT molecular complexity index is 1020. The number of carbonyl (C=O) groups is 3. The smallest absolute Gasteiger partial charge is 0.324 e. The number of ether oxygens (including phenoxy) is 1. The van der Waals surface area contributed by atoms with Crippen molar-refractivity contribution >= 4 is 17.8 Å². The van der Waals surface area contributed by atoms with Crippen molar-refractivity contribution in [1.29, 1.82) is 0 Å². The molecule has 4 rings (SSSR count). The van der Waals surface area contributed by atoms with E-state index in [2.05, 4.69) is 5.32 Å². The van der Waals surface area contributed by atoms with Crippen LogP contribution in [0.4, 0.5) is 0 Å². The van der Waals surface area contributed by atoms with E-state index < -0.39 is 41.2 Å². The molecule has 2 amide bonds. The van der Waals surface area contributed by atoms with Crippen LogP contribution in [0.5, 0.6) is 11.5 Å². The molecule has 0 bridgehead atoms. The van der Waals surface area contributed by atoms with Crippen LogP contribution in [0.15, 0.2) is 48.5 Å². The Morgan fingerprint density at radius 2 is 1.83 bits per heavy atom. The maximum atomic E-state index is 13.3. The number of hydrogen-bond acceptors (Lipinski definition) is 6. The fourth-order valence-electron chi connectivity index (χ4n) is 4.54. The van der Waals surface area contributed by atoms with Crippen molar-refractivity contribution in [1.82, 2.24) is 10.2 Å². The Morgan fingerprint density at radius 3 is 2.47 bits per heavy atom. The van der Waals surface area contributed by atoms with E-state index in [-0.39, 0.29) is 18.0 Å². The van der Waals surface area contributed by atoms with Crippen molar-refractivity contribution in [2.24, 2.45) is 11.8 Å². The molecule has 3 N–H and O–H groups in total. The van der Waals surface area contributed by atoms with Gasteiger partial charge in [0.1, 0.15) is 5.54 Å². The van der Waals surface area contributed by atoms with Crippen LogP contribution < -0.4 is 10.1 Å². The lowest BCUT2D eigenvalue weighted by Gasteiger charge is -2.27. The number of likely N-dealkylation sites (tertiary alicyclic amines) is 1. The fourth-order valence-corrected chi connectivity index (χ4v) is 4.54. The van der Waals surface area contributed by atoms with E-state index in [0.29, 0.717) is 5.56 Å². The molecule has 8 heteroatoms. The quantitative estimate of drug-likeness (QED) is 0.643. The lowest BCUT2D eigenvalue weighted by molar-refractivity contribution is -0.150. The van der Waals surface area contributed by atoms with Crippen molar-refractivity contribution < 1.29 is 29.3 Å². The van der Waals surface area contributed by atoms with E-state index in [4.69, 9.17) is 4.74 Å². The average Bonchev–Trinajstić information content (AvgIpc) is 3.18. The third-order valence-corrected chi connectivity index (χ3v) is 6.09. The van der Waals surface area contributed by atoms with Gasteiger partial charge in [0.2, 0.25) is 11.8 Å². The molecule has 4 atom stereocenters. The highest BCUT2D eigenvalue weighted by molar-refractivity contribution is 6.09. The number of nitrogens with zero attached hydrogens (tertiary/aromatic N) is 1. The zero-order valence-electron chi connectivity index (χ0n) is 16.5. The van der Waals surface area contributed by atoms with Gasteiger partial charge < -0.3 is 14.9 Å². The van der Waals surface area contributed by atoms with Crippen molar-refractivity contribution in [2.75, 3.05) is 7.11 Å². The van der Waals surface area contributed by atoms with E-state index in [0.717, 1.165) is 10.5 Å². The summed E-state index contributed by atoms with van der Waals surface area (Å²) >= 11 is 0. The number of carbonyl (C=O) groups excluding carboxylic acids is 2. The molecule has 2 saturated heterocycles. The van der Waals surface area contributed by atoms with Crippen LogP contribution in [0.2, 0.25) is 0 Å². The second-order valence-electron chi connectivity index (χ2n) is 7.78. The Morgan fingerprint density at radius 1 is 1.13 bits per heavy atom. The topological polar surface area (TPSA) is 116 Å². The van der Waals surface area contributed by atoms with E-state index in [9.17, 15) is 24.6 Å². The minimum Gasteiger partial charge on any atom is -0.504 e. The van der Waals surface area contributed by atoms with E-state index >= 15 is 0 Å². The number of aliphatic carboxylic acids is 1. The summed E-state index contributed by atoms with van der Waals surface area (Å²) < 4.78 is 5.15. The molecule has 0 radical (unpaired) electrons. The zero-order valence-corrected chi connectivity index (χ0v) is 16.5. The number of fused-ring (bicyclic) bond motifs is 1. The van der Waals surface area contributed by atoms with E-state index in [1.54, 1.807) is 42.5 Å². The standard InChI is InChI=1S/C22H22N2O6/c1-22(21(28)29)16-15(17(23-22)13-9-6-10-14(30-2)18(13)25)19(26)24(20(16)27)11-12-7-4-3-5-8-12/h3-10,15-17,23,25H,11H2,1-2H3,(H,28,29)/t15-,16+,17-,22+/m0/s1. The molecule has 8 nitrogen and oxygen atoms in total. The van der Waals surface area contributed by atoms with Crippen LogP contribution in [0.1, 0.15) is 24.1 Å². The largest absolute Gasteiger partial charge is 0.504 e. The molecule has 2 aromatic carbocycles. The summed E-state index contributed by atoms with van der Waals surface area (Å²) in [6.45, 7) is 1.47. The number of carboxylic acid groups (broad SMARTS) is 1. The van der Waals surface area contributed by atoms with Crippen LogP contribution in [-0.4, -0.2) is 45.5 Å². The van der Waals surface area contributed by atoms with Gasteiger partial charge >= 0.3 is 5.97 Å². The molecule has 30 heavy (non-hydrogen) atoms. The molecule has 156 valence electrons. The normalized spacial score (nSPS) is 27.9. The second kappa shape index (κ2) is 7.14. The van der Waals surface area contributed by atoms with Gasteiger partial charge in [-0.15, -0.1) is 0 Å². The Labute approximate surface area is 173 Å². The molecular weight excluding hydrogens is 388 g/mol. The Hall–Kier alpha value is -3.39. The lowest BCUT2D eigenvalue weighted by atomic mass is 9.80. The van der Waals surface area contributed by atoms with Crippen LogP contribution in [-0.2, 0) is 20.9 Å². The van der Waals surface area contributed by atoms with Gasteiger partial charge in [-0.05, 0) is 18.6 Å². The first-order chi connectivity index (χ1) is 14.3. The molecule has 2 fully saturated rings. The Kier molecular flexibility index (Phi) is 4.74. The van der Waals surface area contributed by atoms with Crippen molar-refractivity contribution in [3.8, 4) is 11.5 Å². The number of imide groups is 1. The summed E-state index contributed by atoms with van der Waals surface area (Å²) in [5.41, 5.74) is -0.578. The van der Waals surface area contributed by atoms with Gasteiger partial charge in [-0.1, -0.05) is 42.5 Å². The molecule has 2 heterocycles. The number of phenolic OH excluding ortho intramolecular Hbond substituents is 1. The summed E-state index contributed by atoms with van der Waals surface area (Å²) in [7, 11) is 1.40. The molecule has 0 saturated carbocycles. The molecule has 0 aromatic heterocycles. The molecule has 2 aliphatic heterocycles. The highest BCUT2D eigenvalue weighted by atomic mass is 16.5. The number of methoxy groups -OCH3 is 1. The van der Waals surface area contributed by atoms with Crippen molar-refractivity contribution in [3.63, 3.8) is 0 Å². The first kappa shape index (κ1) is 19.9. The number of hydrogen-bond donors (Lipinski definition) is 3. The molecule has 2 aromatic rings. The molecule has 2 aliphatic rings. The summed E-state index contributed by atoms with van der Waals surface area (Å²) in [4.78, 5) is 39.8. The Balaban J connectivity index is 1.78. The summed E-state index contributed by atoms with van der Waals surface area (Å²) in [5, 5.41) is 23.5. The van der Waals surface area contributed by atoms with Gasteiger partial charge in [-0.3, -0.25) is 24.6 Å². The number of para-hydroxylation sites is 1. The minimum atomic E-state index is -1.66. The zero-order chi connectivity index (χ0) is 21.6.